The van der Waals surface area contributed by atoms with Crippen LogP contribution in [0.1, 0.15) is 6.92 Å². The molecule has 8 heavy (non-hydrogen) atoms. The van der Waals surface area contributed by atoms with Crippen molar-refractivity contribution in [2.75, 3.05) is 0 Å². The van der Waals surface area contributed by atoms with Crippen molar-refractivity contribution in [3.8, 4) is 0 Å². The molecule has 2 heteroatoms. The Morgan fingerprint density at radius 3 is 2.12 bits per heavy atom. The van der Waals surface area contributed by atoms with Crippen LogP contribution < -0.4 is 0 Å². The van der Waals surface area contributed by atoms with E-state index < -0.39 is 11.4 Å². The average Bonchev–Trinajstić information content (AvgIpc) is 1.59. The van der Waals surface area contributed by atoms with Crippen molar-refractivity contribution in [1.82, 2.24) is 0 Å². The van der Waals surface area contributed by atoms with Crippen molar-refractivity contribution in [1.29, 1.82) is 0 Å². The van der Waals surface area contributed by atoms with Gasteiger partial charge in [0.15, 0.2) is 0 Å². The SMILES string of the molecule is CC=C=[CH][Ge]([CH3])([CH3])[Br]. The van der Waals surface area contributed by atoms with E-state index in [2.05, 4.69) is 36.2 Å². The molecule has 0 radical (unpaired) electrons. The zero-order valence-electron chi connectivity index (χ0n) is 5.53. The van der Waals surface area contributed by atoms with E-state index in [4.69, 9.17) is 0 Å². The van der Waals surface area contributed by atoms with Crippen LogP contribution in [0.5, 0.6) is 0 Å². The van der Waals surface area contributed by atoms with Crippen molar-refractivity contribution >= 4 is 25.4 Å². The van der Waals surface area contributed by atoms with Gasteiger partial charge in [-0.15, -0.1) is 0 Å². The van der Waals surface area contributed by atoms with Gasteiger partial charge in [0.05, 0.1) is 0 Å². The third-order valence-electron chi connectivity index (χ3n) is 0.593. The van der Waals surface area contributed by atoms with Crippen LogP contribution in [0.4, 0.5) is 0 Å². The molecule has 0 unspecified atom stereocenters. The Hall–Kier alpha value is 0.543. The fourth-order valence-corrected chi connectivity index (χ4v) is 2.15. The van der Waals surface area contributed by atoms with Gasteiger partial charge < -0.3 is 0 Å². The van der Waals surface area contributed by atoms with Crippen LogP contribution in [-0.2, 0) is 0 Å². The minimum atomic E-state index is -1.56. The van der Waals surface area contributed by atoms with Gasteiger partial charge in [0, 0.05) is 0 Å². The van der Waals surface area contributed by atoms with Crippen LogP contribution in [0.15, 0.2) is 16.7 Å². The first-order valence-corrected chi connectivity index (χ1v) is 13.0. The molecule has 0 rings (SSSR count). The van der Waals surface area contributed by atoms with Gasteiger partial charge in [-0.25, -0.2) is 0 Å². The van der Waals surface area contributed by atoms with Gasteiger partial charge in [-0.05, 0) is 0 Å². The van der Waals surface area contributed by atoms with Crippen LogP contribution in [0.2, 0.25) is 11.5 Å². The summed E-state index contributed by atoms with van der Waals surface area (Å²) >= 11 is 2.07. The van der Waals surface area contributed by atoms with Crippen LogP contribution in [0.3, 0.4) is 0 Å². The Kier molecular flexibility index (Phi) is 3.79. The average molecular weight is 236 g/mol. The van der Waals surface area contributed by atoms with Crippen molar-refractivity contribution in [3.63, 3.8) is 0 Å². The van der Waals surface area contributed by atoms with Gasteiger partial charge in [0.2, 0.25) is 0 Å². The molecule has 0 aromatic carbocycles. The summed E-state index contributed by atoms with van der Waals surface area (Å²) in [6.07, 6.45) is 1.94. The normalized spacial score (nSPS) is 10.0. The molecule has 0 saturated heterocycles. The number of halogens is 1. The third-order valence-corrected chi connectivity index (χ3v) is 3.57. The molecular weight excluding hydrogens is 225 g/mol. The molecule has 0 nitrogen and oxygen atoms in total. The molecule has 0 N–H and O–H groups in total. The van der Waals surface area contributed by atoms with E-state index in [0.29, 0.717) is 0 Å². The summed E-state index contributed by atoms with van der Waals surface area (Å²) in [6, 6.07) is 0. The van der Waals surface area contributed by atoms with E-state index in [1.165, 1.54) is 0 Å². The van der Waals surface area contributed by atoms with E-state index in [-0.39, 0.29) is 0 Å². The molecular formula is C6H11BrGe. The number of hydrogen-bond donors (Lipinski definition) is 0. The zero-order chi connectivity index (χ0) is 6.62. The Balaban J connectivity index is 3.89. The van der Waals surface area contributed by atoms with Crippen molar-refractivity contribution in [3.05, 3.63) is 16.7 Å². The molecule has 0 amide bonds. The topological polar surface area (TPSA) is 0 Å². The number of allylic oxidation sites excluding steroid dienone is 1. The van der Waals surface area contributed by atoms with Crippen molar-refractivity contribution < 1.29 is 0 Å². The fourth-order valence-electron chi connectivity index (χ4n) is 0.281. The molecule has 0 heterocycles. The van der Waals surface area contributed by atoms with Crippen molar-refractivity contribution in [2.24, 2.45) is 0 Å². The zero-order valence-corrected chi connectivity index (χ0v) is 9.22. The van der Waals surface area contributed by atoms with Crippen LogP contribution >= 0.6 is 14.0 Å². The first kappa shape index (κ1) is 8.54. The Bertz CT molecular complexity index is 115. The van der Waals surface area contributed by atoms with Gasteiger partial charge >= 0.3 is 60.6 Å². The second-order valence-electron chi connectivity index (χ2n) is 2.16. The maximum atomic E-state index is 3.63. The van der Waals surface area contributed by atoms with Gasteiger partial charge in [0.1, 0.15) is 0 Å². The molecule has 0 bridgehead atoms. The summed E-state index contributed by atoms with van der Waals surface area (Å²) < 4.78 is 0. The minimum absolute atomic E-state index is 1.56. The number of hydrogen-bond acceptors (Lipinski definition) is 0. The van der Waals surface area contributed by atoms with E-state index in [0.717, 1.165) is 0 Å². The summed E-state index contributed by atoms with van der Waals surface area (Å²) in [6.45, 7) is 1.98. The van der Waals surface area contributed by atoms with Crippen LogP contribution in [0.25, 0.3) is 0 Å². The predicted octanol–water partition coefficient (Wildman–Crippen LogP) is 2.86. The summed E-state index contributed by atoms with van der Waals surface area (Å²) in [7, 11) is 0. The van der Waals surface area contributed by atoms with E-state index in [9.17, 15) is 0 Å². The molecule has 0 aliphatic heterocycles. The molecule has 0 aromatic rings. The molecule has 0 spiro atoms. The van der Waals surface area contributed by atoms with Gasteiger partial charge in [-0.2, -0.15) is 0 Å². The molecule has 0 aromatic heterocycles. The third kappa shape index (κ3) is 6.54. The molecule has 0 aliphatic carbocycles. The second kappa shape index (κ2) is 3.55. The monoisotopic (exact) mass is 236 g/mol. The standard InChI is InChI=1S/C6H11BrGe/c1-4-5-6-8(2,3)7/h4,6H,1-3H3. The molecule has 0 saturated carbocycles. The quantitative estimate of drug-likeness (QED) is 0.484. The van der Waals surface area contributed by atoms with Gasteiger partial charge in [-0.1, -0.05) is 0 Å². The molecule has 46 valence electrons. The van der Waals surface area contributed by atoms with E-state index >= 15 is 0 Å². The first-order chi connectivity index (χ1) is 3.56. The Morgan fingerprint density at radius 1 is 1.50 bits per heavy atom. The molecule has 0 fully saturated rings. The Labute approximate surface area is 60.6 Å². The summed E-state index contributed by atoms with van der Waals surface area (Å²) in [5, 5.41) is 0. The van der Waals surface area contributed by atoms with Gasteiger partial charge in [0.25, 0.3) is 0 Å². The van der Waals surface area contributed by atoms with Crippen LogP contribution in [-0.4, -0.2) is 11.4 Å². The molecule has 0 atom stereocenters. The molecule has 0 aliphatic rings. The summed E-state index contributed by atoms with van der Waals surface area (Å²) in [5.41, 5.74) is 3.07. The first-order valence-electron chi connectivity index (χ1n) is 2.63. The van der Waals surface area contributed by atoms with E-state index in [1.54, 1.807) is 0 Å². The second-order valence-corrected chi connectivity index (χ2v) is 20.0. The summed E-state index contributed by atoms with van der Waals surface area (Å²) in [5.74, 6) is 4.52. The Morgan fingerprint density at radius 2 is 2.00 bits per heavy atom. The van der Waals surface area contributed by atoms with Crippen molar-refractivity contribution in [2.45, 2.75) is 18.4 Å². The fraction of sp³-hybridized carbons (Fsp3) is 0.500. The maximum absolute atomic E-state index is 3.63. The number of rotatable bonds is 1. The summed E-state index contributed by atoms with van der Waals surface area (Å²) in [4.78, 5) is 2.17. The van der Waals surface area contributed by atoms with E-state index in [1.807, 2.05) is 13.0 Å². The predicted molar refractivity (Wildman–Crippen MR) is 44.7 cm³/mol. The van der Waals surface area contributed by atoms with Crippen LogP contribution in [0, 0.1) is 0 Å². The van der Waals surface area contributed by atoms with Gasteiger partial charge in [-0.3, -0.25) is 0 Å².